The first-order valence-corrected chi connectivity index (χ1v) is 6.97. The highest BCUT2D eigenvalue weighted by atomic mass is 16.6. The smallest absolute Gasteiger partial charge is 0.269 e. The van der Waals surface area contributed by atoms with Gasteiger partial charge >= 0.3 is 0 Å². The molecule has 1 heterocycles. The fourth-order valence-corrected chi connectivity index (χ4v) is 2.47. The van der Waals surface area contributed by atoms with Crippen LogP contribution in [0.3, 0.4) is 0 Å². The molecule has 2 N–H and O–H groups in total. The van der Waals surface area contributed by atoms with Gasteiger partial charge in [-0.15, -0.1) is 0 Å². The molecule has 1 saturated heterocycles. The molecule has 6 heteroatoms. The van der Waals surface area contributed by atoms with E-state index < -0.39 is 0 Å². The van der Waals surface area contributed by atoms with Crippen molar-refractivity contribution in [2.45, 2.75) is 32.4 Å². The maximum Gasteiger partial charge on any atom is 0.269 e. The molecular weight excluding hydrogens is 258 g/mol. The largest absolute Gasteiger partial charge is 0.398 e. The SMILES string of the molecule is CCN(Cc1cc([N+](=O)[O-])ccc1N)CC1CCCO1. The molecule has 0 radical (unpaired) electrons. The summed E-state index contributed by atoms with van der Waals surface area (Å²) in [5.41, 5.74) is 7.41. The second kappa shape index (κ2) is 6.67. The number of nitro groups is 1. The summed E-state index contributed by atoms with van der Waals surface area (Å²) in [7, 11) is 0. The molecule has 1 fully saturated rings. The third kappa shape index (κ3) is 3.68. The normalized spacial score (nSPS) is 18.6. The number of likely N-dealkylation sites (N-methyl/N-ethyl adjacent to an activating group) is 1. The highest BCUT2D eigenvalue weighted by Crippen LogP contribution is 2.22. The quantitative estimate of drug-likeness (QED) is 0.490. The van der Waals surface area contributed by atoms with E-state index in [1.165, 1.54) is 6.07 Å². The number of nitrogens with zero attached hydrogens (tertiary/aromatic N) is 2. The zero-order valence-corrected chi connectivity index (χ0v) is 11.7. The maximum absolute atomic E-state index is 10.8. The highest BCUT2D eigenvalue weighted by Gasteiger charge is 2.19. The first kappa shape index (κ1) is 14.7. The van der Waals surface area contributed by atoms with Gasteiger partial charge in [-0.25, -0.2) is 0 Å². The molecule has 1 aliphatic heterocycles. The van der Waals surface area contributed by atoms with Gasteiger partial charge in [0.25, 0.3) is 5.69 Å². The number of ether oxygens (including phenoxy) is 1. The van der Waals surface area contributed by atoms with E-state index in [1.807, 2.05) is 0 Å². The molecule has 6 nitrogen and oxygen atoms in total. The van der Waals surface area contributed by atoms with Crippen molar-refractivity contribution < 1.29 is 9.66 Å². The first-order chi connectivity index (χ1) is 9.60. The van der Waals surface area contributed by atoms with Gasteiger partial charge in [-0.1, -0.05) is 6.92 Å². The molecule has 2 rings (SSSR count). The van der Waals surface area contributed by atoms with E-state index in [1.54, 1.807) is 12.1 Å². The van der Waals surface area contributed by atoms with Crippen molar-refractivity contribution in [1.82, 2.24) is 4.90 Å². The summed E-state index contributed by atoms with van der Waals surface area (Å²) >= 11 is 0. The Hall–Kier alpha value is -1.66. The predicted octanol–water partition coefficient (Wildman–Crippen LogP) is 2.18. The molecule has 0 aliphatic carbocycles. The summed E-state index contributed by atoms with van der Waals surface area (Å²) < 4.78 is 5.63. The topological polar surface area (TPSA) is 81.6 Å². The third-order valence-electron chi connectivity index (χ3n) is 3.66. The second-order valence-corrected chi connectivity index (χ2v) is 5.10. The molecule has 1 atom stereocenters. The fraction of sp³-hybridized carbons (Fsp3) is 0.571. The summed E-state index contributed by atoms with van der Waals surface area (Å²) in [6, 6.07) is 4.61. The molecule has 1 aromatic carbocycles. The number of nitrogens with two attached hydrogens (primary N) is 1. The lowest BCUT2D eigenvalue weighted by Gasteiger charge is -2.24. The summed E-state index contributed by atoms with van der Waals surface area (Å²) in [4.78, 5) is 12.7. The molecule has 0 saturated carbocycles. The van der Waals surface area contributed by atoms with Crippen molar-refractivity contribution in [2.24, 2.45) is 0 Å². The minimum Gasteiger partial charge on any atom is -0.398 e. The van der Waals surface area contributed by atoms with Gasteiger partial charge in [-0.2, -0.15) is 0 Å². The van der Waals surface area contributed by atoms with Crippen LogP contribution in [0.1, 0.15) is 25.3 Å². The number of non-ortho nitro benzene ring substituents is 1. The molecule has 1 unspecified atom stereocenters. The summed E-state index contributed by atoms with van der Waals surface area (Å²) in [5, 5.41) is 10.8. The Bertz CT molecular complexity index is 473. The Morgan fingerprint density at radius 1 is 1.55 bits per heavy atom. The van der Waals surface area contributed by atoms with Crippen molar-refractivity contribution >= 4 is 11.4 Å². The average molecular weight is 279 g/mol. The Kier molecular flexibility index (Phi) is 4.92. The van der Waals surface area contributed by atoms with Gasteiger partial charge in [0.15, 0.2) is 0 Å². The summed E-state index contributed by atoms with van der Waals surface area (Å²) in [6.07, 6.45) is 2.47. The lowest BCUT2D eigenvalue weighted by Crippen LogP contribution is -2.31. The minimum absolute atomic E-state index is 0.0855. The molecule has 0 bridgehead atoms. The Morgan fingerprint density at radius 2 is 2.35 bits per heavy atom. The third-order valence-corrected chi connectivity index (χ3v) is 3.66. The van der Waals surface area contributed by atoms with Gasteiger partial charge in [0.1, 0.15) is 0 Å². The van der Waals surface area contributed by atoms with E-state index in [-0.39, 0.29) is 16.7 Å². The van der Waals surface area contributed by atoms with Crippen LogP contribution in [0, 0.1) is 10.1 Å². The number of anilines is 1. The molecular formula is C14H21N3O3. The van der Waals surface area contributed by atoms with E-state index in [9.17, 15) is 10.1 Å². The van der Waals surface area contributed by atoms with E-state index >= 15 is 0 Å². The molecule has 0 amide bonds. The molecule has 1 aliphatic rings. The van der Waals surface area contributed by atoms with Crippen LogP contribution < -0.4 is 5.73 Å². The van der Waals surface area contributed by atoms with E-state index in [4.69, 9.17) is 10.5 Å². The zero-order chi connectivity index (χ0) is 14.5. The molecule has 0 aromatic heterocycles. The van der Waals surface area contributed by atoms with Gasteiger partial charge in [0.05, 0.1) is 11.0 Å². The fourth-order valence-electron chi connectivity index (χ4n) is 2.47. The lowest BCUT2D eigenvalue weighted by atomic mass is 10.1. The van der Waals surface area contributed by atoms with Crippen LogP contribution in [0.4, 0.5) is 11.4 Å². The van der Waals surface area contributed by atoms with Crippen LogP contribution in [-0.2, 0) is 11.3 Å². The van der Waals surface area contributed by atoms with Crippen LogP contribution >= 0.6 is 0 Å². The Labute approximate surface area is 118 Å². The number of nitrogen functional groups attached to an aromatic ring is 1. The van der Waals surface area contributed by atoms with Gasteiger partial charge in [-0.05, 0) is 31.0 Å². The molecule has 0 spiro atoms. The van der Waals surface area contributed by atoms with Crippen LogP contribution in [0.15, 0.2) is 18.2 Å². The monoisotopic (exact) mass is 279 g/mol. The van der Waals surface area contributed by atoms with E-state index in [2.05, 4.69) is 11.8 Å². The first-order valence-electron chi connectivity index (χ1n) is 6.97. The van der Waals surface area contributed by atoms with Crippen LogP contribution in [-0.4, -0.2) is 35.6 Å². The van der Waals surface area contributed by atoms with Crippen molar-refractivity contribution in [3.05, 3.63) is 33.9 Å². The zero-order valence-electron chi connectivity index (χ0n) is 11.7. The molecule has 110 valence electrons. The number of benzene rings is 1. The van der Waals surface area contributed by atoms with Gasteiger partial charge in [-0.3, -0.25) is 15.0 Å². The number of rotatable bonds is 6. The predicted molar refractivity (Wildman–Crippen MR) is 77.4 cm³/mol. The van der Waals surface area contributed by atoms with E-state index in [0.717, 1.165) is 38.1 Å². The van der Waals surface area contributed by atoms with Gasteiger partial charge < -0.3 is 10.5 Å². The summed E-state index contributed by atoms with van der Waals surface area (Å²) in [6.45, 7) is 5.23. The van der Waals surface area contributed by atoms with Gasteiger partial charge in [0, 0.05) is 37.5 Å². The van der Waals surface area contributed by atoms with Crippen molar-refractivity contribution in [3.8, 4) is 0 Å². The number of hydrogen-bond donors (Lipinski definition) is 1. The molecule has 20 heavy (non-hydrogen) atoms. The van der Waals surface area contributed by atoms with Gasteiger partial charge in [0.2, 0.25) is 0 Å². The molecule has 1 aromatic rings. The van der Waals surface area contributed by atoms with Crippen molar-refractivity contribution in [1.29, 1.82) is 0 Å². The van der Waals surface area contributed by atoms with Crippen LogP contribution in [0.25, 0.3) is 0 Å². The minimum atomic E-state index is -0.390. The van der Waals surface area contributed by atoms with Crippen LogP contribution in [0.2, 0.25) is 0 Å². The van der Waals surface area contributed by atoms with Crippen molar-refractivity contribution in [3.63, 3.8) is 0 Å². The van der Waals surface area contributed by atoms with Crippen LogP contribution in [0.5, 0.6) is 0 Å². The summed E-state index contributed by atoms with van der Waals surface area (Å²) in [5.74, 6) is 0. The average Bonchev–Trinajstić information content (AvgIpc) is 2.92. The maximum atomic E-state index is 10.8. The van der Waals surface area contributed by atoms with Crippen molar-refractivity contribution in [2.75, 3.05) is 25.4 Å². The highest BCUT2D eigenvalue weighted by molar-refractivity contribution is 5.52. The Balaban J connectivity index is 2.05. The standard InChI is InChI=1S/C14H21N3O3/c1-2-16(10-13-4-3-7-20-13)9-11-8-12(17(18)19)5-6-14(11)15/h5-6,8,13H,2-4,7,9-10,15H2,1H3. The Morgan fingerprint density at radius 3 is 2.95 bits per heavy atom. The van der Waals surface area contributed by atoms with E-state index in [0.29, 0.717) is 12.2 Å². The number of nitro benzene ring substituents is 1. The number of hydrogen-bond acceptors (Lipinski definition) is 5. The lowest BCUT2D eigenvalue weighted by molar-refractivity contribution is -0.384. The second-order valence-electron chi connectivity index (χ2n) is 5.10.